The van der Waals surface area contributed by atoms with Gasteiger partial charge in [-0.3, -0.25) is 0 Å². The molecule has 0 spiro atoms. The SMILES string of the molecule is Oc1ccc(-c2sc(-c3ccc(O)c(O)c3)c(-c3ccc(O)c(O)c3)c2-c2ccc(O)c(O)c2)cc1O. The molecule has 0 fully saturated rings. The van der Waals surface area contributed by atoms with Crippen LogP contribution in [0.4, 0.5) is 0 Å². The molecule has 1 heterocycles. The van der Waals surface area contributed by atoms with Gasteiger partial charge in [-0.25, -0.2) is 0 Å². The average molecular weight is 517 g/mol. The lowest BCUT2D eigenvalue weighted by molar-refractivity contribution is 0.404. The number of hydrogen-bond acceptors (Lipinski definition) is 9. The Kier molecular flexibility index (Phi) is 5.69. The van der Waals surface area contributed by atoms with E-state index in [2.05, 4.69) is 0 Å². The van der Waals surface area contributed by atoms with Gasteiger partial charge in [-0.05, 0) is 82.9 Å². The van der Waals surface area contributed by atoms with E-state index in [4.69, 9.17) is 0 Å². The molecule has 186 valence electrons. The van der Waals surface area contributed by atoms with Crippen LogP contribution in [0.3, 0.4) is 0 Å². The Morgan fingerprint density at radius 2 is 0.595 bits per heavy atom. The van der Waals surface area contributed by atoms with Crippen LogP contribution in [-0.2, 0) is 0 Å². The summed E-state index contributed by atoms with van der Waals surface area (Å²) in [4.78, 5) is 1.18. The first-order chi connectivity index (χ1) is 17.6. The fourth-order valence-corrected chi connectivity index (χ4v) is 5.41. The lowest BCUT2D eigenvalue weighted by Crippen LogP contribution is -1.87. The Morgan fingerprint density at radius 1 is 0.324 bits per heavy atom. The zero-order chi connectivity index (χ0) is 26.4. The highest BCUT2D eigenvalue weighted by Crippen LogP contribution is 2.54. The predicted molar refractivity (Wildman–Crippen MR) is 139 cm³/mol. The van der Waals surface area contributed by atoms with Gasteiger partial charge in [0, 0.05) is 20.9 Å². The van der Waals surface area contributed by atoms with Gasteiger partial charge in [0.2, 0.25) is 0 Å². The molecule has 0 radical (unpaired) electrons. The van der Waals surface area contributed by atoms with Gasteiger partial charge in [-0.15, -0.1) is 11.3 Å². The van der Waals surface area contributed by atoms with E-state index in [9.17, 15) is 40.9 Å². The molecule has 0 aliphatic rings. The number of aromatic hydroxyl groups is 8. The van der Waals surface area contributed by atoms with Crippen LogP contribution in [0, 0.1) is 0 Å². The molecule has 0 aliphatic carbocycles. The van der Waals surface area contributed by atoms with Crippen molar-refractivity contribution in [1.29, 1.82) is 0 Å². The van der Waals surface area contributed by atoms with E-state index < -0.39 is 0 Å². The van der Waals surface area contributed by atoms with Crippen molar-refractivity contribution in [2.24, 2.45) is 0 Å². The molecule has 37 heavy (non-hydrogen) atoms. The average Bonchev–Trinajstić information content (AvgIpc) is 3.26. The summed E-state index contributed by atoms with van der Waals surface area (Å²) in [5.41, 5.74) is 3.07. The molecule has 8 nitrogen and oxygen atoms in total. The third-order valence-corrected chi connectivity index (χ3v) is 7.20. The highest BCUT2D eigenvalue weighted by atomic mass is 32.1. The molecule has 0 unspecified atom stereocenters. The minimum atomic E-state index is -0.369. The molecular weight excluding hydrogens is 496 g/mol. The van der Waals surface area contributed by atoms with Gasteiger partial charge in [-0.1, -0.05) is 12.1 Å². The van der Waals surface area contributed by atoms with E-state index in [0.717, 1.165) is 0 Å². The molecule has 9 heteroatoms. The zero-order valence-corrected chi connectivity index (χ0v) is 19.7. The Labute approximate surface area is 214 Å². The summed E-state index contributed by atoms with van der Waals surface area (Å²) < 4.78 is 0. The quantitative estimate of drug-likeness (QED) is 0.134. The largest absolute Gasteiger partial charge is 0.504 e. The third kappa shape index (κ3) is 4.17. The Hall–Kier alpha value is -5.02. The molecule has 0 saturated carbocycles. The van der Waals surface area contributed by atoms with Crippen LogP contribution >= 0.6 is 11.3 Å². The number of rotatable bonds is 4. The smallest absolute Gasteiger partial charge is 0.158 e. The van der Waals surface area contributed by atoms with Crippen molar-refractivity contribution < 1.29 is 40.9 Å². The van der Waals surface area contributed by atoms with E-state index in [1.165, 1.54) is 59.9 Å². The van der Waals surface area contributed by atoms with E-state index in [-0.39, 0.29) is 46.0 Å². The first-order valence-electron chi connectivity index (χ1n) is 10.9. The summed E-state index contributed by atoms with van der Waals surface area (Å²) in [5, 5.41) is 80.5. The van der Waals surface area contributed by atoms with Crippen LogP contribution in [-0.4, -0.2) is 40.9 Å². The molecule has 4 aromatic carbocycles. The van der Waals surface area contributed by atoms with Gasteiger partial charge in [0.15, 0.2) is 46.0 Å². The zero-order valence-electron chi connectivity index (χ0n) is 18.9. The standard InChI is InChI=1S/C28H20O8S/c29-17-5-1-13(9-21(17)33)25-26(14-2-6-18(30)22(34)10-14)28(16-4-8-20(32)24(36)12-16)37-27(25)15-3-7-19(31)23(35)11-15/h1-12,29-36H. The molecule has 0 aliphatic heterocycles. The van der Waals surface area contributed by atoms with Crippen LogP contribution in [0.1, 0.15) is 0 Å². The van der Waals surface area contributed by atoms with Gasteiger partial charge in [0.25, 0.3) is 0 Å². The Bertz CT molecular complexity index is 1550. The highest BCUT2D eigenvalue weighted by molar-refractivity contribution is 7.20. The van der Waals surface area contributed by atoms with Crippen molar-refractivity contribution in [2.75, 3.05) is 0 Å². The van der Waals surface area contributed by atoms with Gasteiger partial charge < -0.3 is 40.9 Å². The maximum absolute atomic E-state index is 10.3. The molecular formula is C28H20O8S. The minimum absolute atomic E-state index is 0.309. The second-order valence-electron chi connectivity index (χ2n) is 8.32. The molecule has 8 N–H and O–H groups in total. The van der Waals surface area contributed by atoms with Crippen molar-refractivity contribution >= 4 is 11.3 Å². The molecule has 0 saturated heterocycles. The number of phenolic OH excluding ortho intramolecular Hbond substituents is 8. The summed E-state index contributed by atoms with van der Waals surface area (Å²) in [5.74, 6) is -2.70. The maximum Gasteiger partial charge on any atom is 0.158 e. The highest BCUT2D eigenvalue weighted by Gasteiger charge is 2.25. The van der Waals surface area contributed by atoms with Crippen molar-refractivity contribution in [3.05, 3.63) is 72.8 Å². The minimum Gasteiger partial charge on any atom is -0.504 e. The summed E-state index contributed by atoms with van der Waals surface area (Å²) >= 11 is 1.26. The lowest BCUT2D eigenvalue weighted by Gasteiger charge is -2.13. The van der Waals surface area contributed by atoms with Crippen molar-refractivity contribution in [2.45, 2.75) is 0 Å². The van der Waals surface area contributed by atoms with Crippen LogP contribution < -0.4 is 0 Å². The second-order valence-corrected chi connectivity index (χ2v) is 9.34. The molecule has 0 amide bonds. The van der Waals surface area contributed by atoms with Crippen LogP contribution in [0.25, 0.3) is 43.1 Å². The van der Waals surface area contributed by atoms with Gasteiger partial charge in [0.1, 0.15) is 0 Å². The monoisotopic (exact) mass is 516 g/mol. The normalized spacial score (nSPS) is 11.0. The summed E-state index contributed by atoms with van der Waals surface area (Å²) in [6, 6.07) is 17.2. The van der Waals surface area contributed by atoms with Crippen molar-refractivity contribution in [1.82, 2.24) is 0 Å². The van der Waals surface area contributed by atoms with Crippen molar-refractivity contribution in [3.8, 4) is 89.1 Å². The lowest BCUT2D eigenvalue weighted by atomic mass is 9.91. The first-order valence-corrected chi connectivity index (χ1v) is 11.7. The Morgan fingerprint density at radius 3 is 0.892 bits per heavy atom. The molecule has 5 rings (SSSR count). The first kappa shape index (κ1) is 23.7. The number of hydrogen-bond donors (Lipinski definition) is 8. The topological polar surface area (TPSA) is 162 Å². The van der Waals surface area contributed by atoms with E-state index in [1.807, 2.05) is 0 Å². The fraction of sp³-hybridized carbons (Fsp3) is 0. The van der Waals surface area contributed by atoms with Crippen LogP contribution in [0.2, 0.25) is 0 Å². The molecule has 0 bridgehead atoms. The van der Waals surface area contributed by atoms with Gasteiger partial charge >= 0.3 is 0 Å². The number of thiophene rings is 1. The fourth-order valence-electron chi connectivity index (χ4n) is 4.08. The van der Waals surface area contributed by atoms with Crippen molar-refractivity contribution in [3.63, 3.8) is 0 Å². The third-order valence-electron chi connectivity index (χ3n) is 5.91. The molecule has 0 atom stereocenters. The number of phenols is 8. The molecule has 5 aromatic rings. The van der Waals surface area contributed by atoms with E-state index >= 15 is 0 Å². The van der Waals surface area contributed by atoms with Crippen LogP contribution in [0.5, 0.6) is 46.0 Å². The molecule has 1 aromatic heterocycles. The van der Waals surface area contributed by atoms with Gasteiger partial charge in [0.05, 0.1) is 0 Å². The summed E-state index contributed by atoms with van der Waals surface area (Å²) in [6.45, 7) is 0. The second kappa shape index (κ2) is 8.89. The predicted octanol–water partition coefficient (Wildman–Crippen LogP) is 6.06. The van der Waals surface area contributed by atoms with E-state index in [0.29, 0.717) is 43.1 Å². The summed E-state index contributed by atoms with van der Waals surface area (Å²) in [6.07, 6.45) is 0. The number of benzene rings is 4. The Balaban J connectivity index is 1.93. The van der Waals surface area contributed by atoms with Crippen LogP contribution in [0.15, 0.2) is 72.8 Å². The summed E-state index contributed by atoms with van der Waals surface area (Å²) in [7, 11) is 0. The van der Waals surface area contributed by atoms with Gasteiger partial charge in [-0.2, -0.15) is 0 Å². The van der Waals surface area contributed by atoms with E-state index in [1.54, 1.807) is 24.3 Å². The maximum atomic E-state index is 10.3.